The number of nitrogens with one attached hydrogen (secondary N) is 1. The van der Waals surface area contributed by atoms with E-state index in [1.165, 1.54) is 13.1 Å². The van der Waals surface area contributed by atoms with Gasteiger partial charge in [-0.05, 0) is 55.6 Å². The van der Waals surface area contributed by atoms with Crippen molar-refractivity contribution >= 4 is 15.9 Å². The third kappa shape index (κ3) is 5.22. The highest BCUT2D eigenvalue weighted by molar-refractivity contribution is 7.89. The van der Waals surface area contributed by atoms with Gasteiger partial charge in [0.05, 0.1) is 17.0 Å². The highest BCUT2D eigenvalue weighted by atomic mass is 32.2. The van der Waals surface area contributed by atoms with E-state index >= 15 is 0 Å². The van der Waals surface area contributed by atoms with E-state index in [1.54, 1.807) is 24.1 Å². The van der Waals surface area contributed by atoms with E-state index in [4.69, 9.17) is 4.74 Å². The maximum atomic E-state index is 13.5. The number of rotatable bonds is 7. The van der Waals surface area contributed by atoms with Gasteiger partial charge >= 0.3 is 0 Å². The van der Waals surface area contributed by atoms with Gasteiger partial charge in [-0.15, -0.1) is 0 Å². The van der Waals surface area contributed by atoms with Crippen LogP contribution in [-0.4, -0.2) is 75.2 Å². The van der Waals surface area contributed by atoms with Gasteiger partial charge < -0.3 is 14.7 Å². The van der Waals surface area contributed by atoms with Crippen molar-refractivity contribution in [1.82, 2.24) is 14.5 Å². The monoisotopic (exact) mass is 473 g/mol. The van der Waals surface area contributed by atoms with Crippen LogP contribution in [0, 0.1) is 0 Å². The Morgan fingerprint density at radius 3 is 2.67 bits per heavy atom. The highest BCUT2D eigenvalue weighted by Gasteiger charge is 2.34. The number of carbonyl (C=O) groups is 1. The Kier molecular flexibility index (Phi) is 7.04. The summed E-state index contributed by atoms with van der Waals surface area (Å²) in [7, 11) is -0.359. The first-order chi connectivity index (χ1) is 15.8. The van der Waals surface area contributed by atoms with Crippen molar-refractivity contribution in [2.45, 2.75) is 42.4 Å². The summed E-state index contributed by atoms with van der Waals surface area (Å²) in [5, 5.41) is 9.93. The summed E-state index contributed by atoms with van der Waals surface area (Å²) in [6.45, 7) is 2.05. The summed E-state index contributed by atoms with van der Waals surface area (Å²) >= 11 is 0. The number of nitrogens with zero attached hydrogens (tertiary/aromatic N) is 2. The molecule has 0 bridgehead atoms. The van der Waals surface area contributed by atoms with Crippen molar-refractivity contribution in [1.29, 1.82) is 0 Å². The lowest BCUT2D eigenvalue weighted by atomic mass is 10.00. The van der Waals surface area contributed by atoms with Gasteiger partial charge in [-0.3, -0.25) is 9.69 Å². The summed E-state index contributed by atoms with van der Waals surface area (Å²) in [6, 6.07) is 14.5. The van der Waals surface area contributed by atoms with Crippen LogP contribution in [0.5, 0.6) is 5.75 Å². The average Bonchev–Trinajstić information content (AvgIpc) is 3.26. The van der Waals surface area contributed by atoms with Crippen molar-refractivity contribution < 1.29 is 23.1 Å². The van der Waals surface area contributed by atoms with Crippen LogP contribution < -0.4 is 9.46 Å². The van der Waals surface area contributed by atoms with Crippen molar-refractivity contribution in [3.8, 4) is 5.75 Å². The van der Waals surface area contributed by atoms with Crippen LogP contribution in [0.3, 0.4) is 0 Å². The molecule has 2 N–H and O–H groups in total. The molecule has 3 atom stereocenters. The first-order valence-electron chi connectivity index (χ1n) is 11.2. The molecule has 4 rings (SSSR count). The summed E-state index contributed by atoms with van der Waals surface area (Å²) in [5.74, 6) is 0.433. The smallest absolute Gasteiger partial charge is 0.263 e. The number of ether oxygens (including phenoxy) is 1. The van der Waals surface area contributed by atoms with Crippen molar-refractivity contribution in [2.24, 2.45) is 0 Å². The topological polar surface area (TPSA) is 99.2 Å². The second-order valence-corrected chi connectivity index (χ2v) is 10.6. The number of likely N-dealkylation sites (N-methyl/N-ethyl adjacent to an activating group) is 1. The maximum absolute atomic E-state index is 13.5. The van der Waals surface area contributed by atoms with Crippen LogP contribution >= 0.6 is 0 Å². The van der Waals surface area contributed by atoms with Gasteiger partial charge in [-0.1, -0.05) is 30.3 Å². The molecular formula is C24H31N3O5S. The molecule has 9 heteroatoms. The molecule has 0 radical (unpaired) electrons. The quantitative estimate of drug-likeness (QED) is 0.633. The first-order valence-corrected chi connectivity index (χ1v) is 12.7. The number of aliphatic hydroxyl groups excluding tert-OH is 1. The molecule has 2 heterocycles. The van der Waals surface area contributed by atoms with Gasteiger partial charge in [-0.25, -0.2) is 13.1 Å². The minimum Gasteiger partial charge on any atom is -0.480 e. The number of hydrogen-bond donors (Lipinski definition) is 2. The fraction of sp³-hybridized carbons (Fsp3) is 0.458. The number of likely N-dealkylation sites (tertiary alicyclic amines) is 1. The van der Waals surface area contributed by atoms with Crippen LogP contribution in [-0.2, 0) is 21.2 Å². The van der Waals surface area contributed by atoms with Gasteiger partial charge in [0.1, 0.15) is 5.75 Å². The Hall–Kier alpha value is -2.46. The molecule has 1 fully saturated rings. The van der Waals surface area contributed by atoms with Gasteiger partial charge in [0, 0.05) is 26.7 Å². The maximum Gasteiger partial charge on any atom is 0.263 e. The molecular weight excluding hydrogens is 442 g/mol. The second-order valence-electron chi connectivity index (χ2n) is 8.70. The number of aryl methyl sites for hydroxylation is 1. The van der Waals surface area contributed by atoms with Gasteiger partial charge in [0.2, 0.25) is 10.0 Å². The average molecular weight is 474 g/mol. The molecule has 2 aliphatic rings. The predicted molar refractivity (Wildman–Crippen MR) is 124 cm³/mol. The summed E-state index contributed by atoms with van der Waals surface area (Å²) < 4.78 is 32.5. The van der Waals surface area contributed by atoms with E-state index < -0.39 is 16.1 Å². The van der Waals surface area contributed by atoms with Crippen LogP contribution in [0.15, 0.2) is 53.4 Å². The number of hydrogen-bond acceptors (Lipinski definition) is 6. The molecule has 0 unspecified atom stereocenters. The molecule has 0 aromatic heterocycles. The molecule has 0 aliphatic carbocycles. The predicted octanol–water partition coefficient (Wildman–Crippen LogP) is 1.55. The zero-order chi connectivity index (χ0) is 23.6. The fourth-order valence-corrected chi connectivity index (χ4v) is 5.33. The van der Waals surface area contributed by atoms with E-state index in [2.05, 4.69) is 9.62 Å². The molecule has 0 saturated carbocycles. The Bertz CT molecular complexity index is 1090. The standard InChI is InChI=1S/C24H31N3O5S/c1-25-33(30,31)20-9-11-22-18(14-20)8-10-23(32-22)24(29)26(2)21(17-6-4-3-5-7-17)16-27-13-12-19(28)15-27/h3-7,9,11,14,19,21,23,25,28H,8,10,12-13,15-16H2,1-2H3/t19-,21+,23+/m0/s1. The third-order valence-corrected chi connectivity index (χ3v) is 7.92. The van der Waals surface area contributed by atoms with Gasteiger partial charge in [-0.2, -0.15) is 0 Å². The van der Waals surface area contributed by atoms with E-state index in [0.29, 0.717) is 31.7 Å². The Morgan fingerprint density at radius 2 is 2.00 bits per heavy atom. The zero-order valence-electron chi connectivity index (χ0n) is 19.0. The van der Waals surface area contributed by atoms with Crippen LogP contribution in [0.25, 0.3) is 0 Å². The summed E-state index contributed by atoms with van der Waals surface area (Å²) in [6.07, 6.45) is 0.818. The van der Waals surface area contributed by atoms with Crippen molar-refractivity contribution in [3.63, 3.8) is 0 Å². The SMILES string of the molecule is CNS(=O)(=O)c1ccc2c(c1)CC[C@H](C(=O)N(C)[C@H](CN1CC[C@H](O)C1)c1ccccc1)O2. The molecule has 33 heavy (non-hydrogen) atoms. The zero-order valence-corrected chi connectivity index (χ0v) is 19.8. The van der Waals surface area contributed by atoms with Gasteiger partial charge in [0.15, 0.2) is 6.10 Å². The summed E-state index contributed by atoms with van der Waals surface area (Å²) in [5.41, 5.74) is 1.82. The van der Waals surface area contributed by atoms with Crippen LogP contribution in [0.1, 0.15) is 30.0 Å². The van der Waals surface area contributed by atoms with Crippen molar-refractivity contribution in [2.75, 3.05) is 33.7 Å². The van der Waals surface area contributed by atoms with E-state index in [0.717, 1.165) is 24.1 Å². The van der Waals surface area contributed by atoms with Crippen LogP contribution in [0.4, 0.5) is 0 Å². The number of aliphatic hydroxyl groups is 1. The Labute approximate surface area is 195 Å². The highest BCUT2D eigenvalue weighted by Crippen LogP contribution is 2.32. The first kappa shape index (κ1) is 23.7. The number of sulfonamides is 1. The number of benzene rings is 2. The molecule has 2 aromatic rings. The fourth-order valence-electron chi connectivity index (χ4n) is 4.55. The molecule has 8 nitrogen and oxygen atoms in total. The molecule has 178 valence electrons. The molecule has 1 amide bonds. The molecule has 1 saturated heterocycles. The lowest BCUT2D eigenvalue weighted by molar-refractivity contribution is -0.140. The van der Waals surface area contributed by atoms with Crippen molar-refractivity contribution in [3.05, 3.63) is 59.7 Å². The number of amides is 1. The normalized spacial score (nSPS) is 21.8. The minimum absolute atomic E-state index is 0.110. The number of fused-ring (bicyclic) bond motifs is 1. The number of β-amino-alcohol motifs (C(OH)–C–C–N with tert-alkyl or cyclic N) is 1. The number of carbonyl (C=O) groups excluding carboxylic acids is 1. The Morgan fingerprint density at radius 1 is 1.24 bits per heavy atom. The molecule has 2 aliphatic heterocycles. The third-order valence-electron chi connectivity index (χ3n) is 6.51. The largest absolute Gasteiger partial charge is 0.480 e. The molecule has 0 spiro atoms. The van der Waals surface area contributed by atoms with Crippen LogP contribution in [0.2, 0.25) is 0 Å². The molecule has 2 aromatic carbocycles. The lowest BCUT2D eigenvalue weighted by Gasteiger charge is -2.35. The minimum atomic E-state index is -3.54. The van der Waals surface area contributed by atoms with Gasteiger partial charge in [0.25, 0.3) is 5.91 Å². The second kappa shape index (κ2) is 9.80. The van der Waals surface area contributed by atoms with E-state index in [-0.39, 0.29) is 22.9 Å². The summed E-state index contributed by atoms with van der Waals surface area (Å²) in [4.78, 5) is 17.6. The Balaban J connectivity index is 1.51. The lowest BCUT2D eigenvalue weighted by Crippen LogP contribution is -2.46. The van der Waals surface area contributed by atoms with E-state index in [1.807, 2.05) is 30.3 Å². The van der Waals surface area contributed by atoms with E-state index in [9.17, 15) is 18.3 Å².